The Hall–Kier alpha value is 0.116. The van der Waals surface area contributed by atoms with Crippen LogP contribution >= 0.6 is 0 Å². The number of hydrogen-bond donors (Lipinski definition) is 1. The van der Waals surface area contributed by atoms with Crippen molar-refractivity contribution in [2.45, 2.75) is 13.8 Å². The molecule has 0 fully saturated rings. The van der Waals surface area contributed by atoms with Crippen LogP contribution in [0.4, 0.5) is 0 Å². The van der Waals surface area contributed by atoms with Crippen LogP contribution in [-0.2, 0) is 14.3 Å². The molecule has 0 aliphatic rings. The van der Waals surface area contributed by atoms with E-state index in [9.17, 15) is 14.7 Å². The van der Waals surface area contributed by atoms with Gasteiger partial charge >= 0.3 is 57.4 Å². The molecule has 0 saturated heterocycles. The van der Waals surface area contributed by atoms with E-state index in [1.807, 2.05) is 0 Å². The third-order valence-electron chi connectivity index (χ3n) is 1.13. The van der Waals surface area contributed by atoms with Gasteiger partial charge in [0.05, 0.1) is 19.1 Å². The molecule has 0 atom stereocenters. The molecule has 0 rings (SSSR count). The first kappa shape index (κ1) is 16.5. The monoisotopic (exact) mass is 225 g/mol. The van der Waals surface area contributed by atoms with Crippen molar-refractivity contribution in [2.75, 3.05) is 13.2 Å². The molecule has 0 saturated carbocycles. The first-order valence-corrected chi connectivity index (χ1v) is 3.85. The Balaban J connectivity index is 0. The molecule has 6 heteroatoms. The summed E-state index contributed by atoms with van der Waals surface area (Å²) < 4.78 is 4.60. The van der Waals surface area contributed by atoms with Gasteiger partial charge in [-0.25, -0.2) is 4.79 Å². The normalized spacial score (nSPS) is 10.0. The van der Waals surface area contributed by atoms with E-state index < -0.39 is 11.9 Å². The molecular weight excluding hydrogens is 213 g/mol. The first-order chi connectivity index (χ1) is 6.06. The summed E-state index contributed by atoms with van der Waals surface area (Å²) in [6, 6.07) is 0. The minimum atomic E-state index is -1.23. The molecule has 5 nitrogen and oxygen atoms in total. The minimum absolute atomic E-state index is 0. The Morgan fingerprint density at radius 2 is 2.07 bits per heavy atom. The Kier molecular flexibility index (Phi) is 11.4. The Morgan fingerprint density at radius 3 is 2.50 bits per heavy atom. The van der Waals surface area contributed by atoms with Gasteiger partial charge in [-0.3, -0.25) is 0 Å². The molecule has 0 spiro atoms. The number of hydrogen-bond acceptors (Lipinski definition) is 5. The van der Waals surface area contributed by atoms with Crippen LogP contribution in [0.2, 0.25) is 0 Å². The number of aliphatic carboxylic acids is 1. The van der Waals surface area contributed by atoms with Crippen molar-refractivity contribution in [1.82, 2.24) is 5.32 Å². The van der Waals surface area contributed by atoms with E-state index in [1.54, 1.807) is 13.8 Å². The van der Waals surface area contributed by atoms with Crippen LogP contribution in [0.1, 0.15) is 13.8 Å². The molecule has 0 bridgehead atoms. The van der Waals surface area contributed by atoms with Gasteiger partial charge in [0.15, 0.2) is 0 Å². The van der Waals surface area contributed by atoms with Crippen LogP contribution in [0.25, 0.3) is 0 Å². The number of esters is 1. The van der Waals surface area contributed by atoms with Gasteiger partial charge in [0.25, 0.3) is 0 Å². The standard InChI is InChI=1S/C8H13NO4.K/c1-3-13-8(12)4-6(2)9-5-7(10)11;/h4,9H,3,5H2,1-2H3,(H,10,11);/q;+1/p-1. The van der Waals surface area contributed by atoms with Gasteiger partial charge in [-0.2, -0.15) is 0 Å². The SMILES string of the molecule is CCOC(=O)C=C(C)NCC(=O)[O-].[K+]. The molecule has 0 aromatic rings. The zero-order valence-corrected chi connectivity index (χ0v) is 11.7. The second-order valence-corrected chi connectivity index (χ2v) is 2.30. The Bertz CT molecular complexity index is 227. The molecule has 0 amide bonds. The maximum Gasteiger partial charge on any atom is 1.00 e. The fourth-order valence-electron chi connectivity index (χ4n) is 0.623. The summed E-state index contributed by atoms with van der Waals surface area (Å²) in [6.45, 7) is 3.24. The number of carbonyl (C=O) groups excluding carboxylic acids is 2. The van der Waals surface area contributed by atoms with Crippen LogP contribution in [-0.4, -0.2) is 25.1 Å². The van der Waals surface area contributed by atoms with Crippen LogP contribution in [0.15, 0.2) is 11.8 Å². The summed E-state index contributed by atoms with van der Waals surface area (Å²) in [5.41, 5.74) is 0.433. The van der Waals surface area contributed by atoms with Crippen molar-refractivity contribution in [3.05, 3.63) is 11.8 Å². The van der Waals surface area contributed by atoms with E-state index in [2.05, 4.69) is 10.1 Å². The molecule has 0 unspecified atom stereocenters. The van der Waals surface area contributed by atoms with Gasteiger partial charge in [0.2, 0.25) is 0 Å². The molecule has 74 valence electrons. The molecule has 0 aliphatic heterocycles. The third kappa shape index (κ3) is 10.2. The summed E-state index contributed by atoms with van der Waals surface area (Å²) in [5.74, 6) is -1.72. The van der Waals surface area contributed by atoms with E-state index in [1.165, 1.54) is 6.08 Å². The second kappa shape index (κ2) is 9.66. The van der Waals surface area contributed by atoms with Gasteiger partial charge in [-0.1, -0.05) is 0 Å². The van der Waals surface area contributed by atoms with Crippen LogP contribution in [0, 0.1) is 0 Å². The van der Waals surface area contributed by atoms with Crippen LogP contribution < -0.4 is 61.8 Å². The summed E-state index contributed by atoms with van der Waals surface area (Å²) in [4.78, 5) is 20.8. The number of rotatable bonds is 5. The number of allylic oxidation sites excluding steroid dienone is 1. The fraction of sp³-hybridized carbons (Fsp3) is 0.500. The number of nitrogens with one attached hydrogen (secondary N) is 1. The molecule has 14 heavy (non-hydrogen) atoms. The van der Waals surface area contributed by atoms with Gasteiger partial charge in [0, 0.05) is 11.8 Å². The van der Waals surface area contributed by atoms with Crippen molar-refractivity contribution < 1.29 is 70.8 Å². The van der Waals surface area contributed by atoms with E-state index in [0.717, 1.165) is 0 Å². The third-order valence-corrected chi connectivity index (χ3v) is 1.13. The number of ether oxygens (including phenoxy) is 1. The zero-order chi connectivity index (χ0) is 10.3. The quantitative estimate of drug-likeness (QED) is 0.291. The van der Waals surface area contributed by atoms with Gasteiger partial charge < -0.3 is 20.0 Å². The van der Waals surface area contributed by atoms with Gasteiger partial charge in [-0.15, -0.1) is 0 Å². The maximum absolute atomic E-state index is 10.8. The molecule has 0 aromatic heterocycles. The van der Waals surface area contributed by atoms with E-state index >= 15 is 0 Å². The number of carboxylic acids is 1. The Morgan fingerprint density at radius 1 is 1.50 bits per heavy atom. The van der Waals surface area contributed by atoms with E-state index in [0.29, 0.717) is 12.3 Å². The van der Waals surface area contributed by atoms with Gasteiger partial charge in [0.1, 0.15) is 0 Å². The predicted octanol–water partition coefficient (Wildman–Crippen LogP) is -4.20. The summed E-state index contributed by atoms with van der Waals surface area (Å²) in [7, 11) is 0. The van der Waals surface area contributed by atoms with Crippen molar-refractivity contribution in [1.29, 1.82) is 0 Å². The molecule has 0 radical (unpaired) electrons. The molecule has 0 heterocycles. The van der Waals surface area contributed by atoms with Crippen LogP contribution in [0.5, 0.6) is 0 Å². The largest absolute Gasteiger partial charge is 1.00 e. The summed E-state index contributed by atoms with van der Waals surface area (Å²) >= 11 is 0. The number of carboxylic acid groups (broad SMARTS) is 1. The van der Waals surface area contributed by atoms with E-state index in [-0.39, 0.29) is 57.9 Å². The van der Waals surface area contributed by atoms with Crippen LogP contribution in [0.3, 0.4) is 0 Å². The van der Waals surface area contributed by atoms with Crippen molar-refractivity contribution in [3.8, 4) is 0 Å². The average Bonchev–Trinajstić information content (AvgIpc) is 2.01. The topological polar surface area (TPSA) is 78.5 Å². The van der Waals surface area contributed by atoms with E-state index in [4.69, 9.17) is 0 Å². The second-order valence-electron chi connectivity index (χ2n) is 2.30. The van der Waals surface area contributed by atoms with Gasteiger partial charge in [-0.05, 0) is 13.8 Å². The minimum Gasteiger partial charge on any atom is -0.548 e. The molecule has 0 aromatic carbocycles. The average molecular weight is 225 g/mol. The maximum atomic E-state index is 10.8. The predicted molar refractivity (Wildman–Crippen MR) is 43.4 cm³/mol. The van der Waals surface area contributed by atoms with Crippen molar-refractivity contribution in [2.24, 2.45) is 0 Å². The molecular formula is C8H12KNO4. The number of carbonyl (C=O) groups is 2. The fourth-order valence-corrected chi connectivity index (χ4v) is 0.623. The van der Waals surface area contributed by atoms with Crippen molar-refractivity contribution in [3.63, 3.8) is 0 Å². The summed E-state index contributed by atoms with van der Waals surface area (Å²) in [5, 5.41) is 12.5. The van der Waals surface area contributed by atoms with Crippen molar-refractivity contribution >= 4 is 11.9 Å². The molecule has 1 N–H and O–H groups in total. The molecule has 0 aliphatic carbocycles. The Labute approximate surface area is 125 Å². The first-order valence-electron chi connectivity index (χ1n) is 3.85. The zero-order valence-electron chi connectivity index (χ0n) is 8.62. The smallest absolute Gasteiger partial charge is 0.548 e. The summed E-state index contributed by atoms with van der Waals surface area (Å²) in [6.07, 6.45) is 1.19.